The van der Waals surface area contributed by atoms with E-state index in [1.165, 1.54) is 6.07 Å². The van der Waals surface area contributed by atoms with E-state index in [4.69, 9.17) is 14.8 Å². The molecule has 2 aromatic carbocycles. The molecule has 164 valence electrons. The molecule has 1 unspecified atom stereocenters. The molecule has 2 heterocycles. The molecule has 2 aliphatic rings. The fraction of sp³-hybridized carbons (Fsp3) is 0.391. The average Bonchev–Trinajstić information content (AvgIpc) is 3.31. The van der Waals surface area contributed by atoms with Crippen molar-refractivity contribution in [1.82, 2.24) is 4.90 Å². The second kappa shape index (κ2) is 9.78. The number of anilines is 2. The van der Waals surface area contributed by atoms with Crippen molar-refractivity contribution in [2.24, 2.45) is 4.99 Å². The lowest BCUT2D eigenvalue weighted by Gasteiger charge is -2.38. The summed E-state index contributed by atoms with van der Waals surface area (Å²) in [7, 11) is 0. The van der Waals surface area contributed by atoms with Gasteiger partial charge >= 0.3 is 5.97 Å². The molecule has 2 aromatic rings. The van der Waals surface area contributed by atoms with E-state index in [2.05, 4.69) is 10.2 Å². The smallest absolute Gasteiger partial charge is 0.335 e. The summed E-state index contributed by atoms with van der Waals surface area (Å²) in [6.07, 6.45) is 2.19. The van der Waals surface area contributed by atoms with Gasteiger partial charge in [0.05, 0.1) is 23.9 Å². The van der Waals surface area contributed by atoms with Gasteiger partial charge in [-0.25, -0.2) is 9.18 Å². The van der Waals surface area contributed by atoms with Crippen molar-refractivity contribution in [3.05, 3.63) is 59.9 Å². The van der Waals surface area contributed by atoms with E-state index in [1.807, 2.05) is 11.0 Å². The lowest BCUT2D eigenvalue weighted by molar-refractivity contribution is 0.0697. The largest absolute Gasteiger partial charge is 0.478 e. The number of nitrogens with one attached hydrogen (secondary N) is 1. The highest BCUT2D eigenvalue weighted by Crippen LogP contribution is 2.21. The molecule has 0 aliphatic carbocycles. The first-order valence-electron chi connectivity index (χ1n) is 10.6. The van der Waals surface area contributed by atoms with Crippen molar-refractivity contribution in [2.45, 2.75) is 18.9 Å². The minimum absolute atomic E-state index is 0.130. The van der Waals surface area contributed by atoms with Gasteiger partial charge < -0.3 is 25.0 Å². The number of benzene rings is 2. The maximum Gasteiger partial charge on any atom is 0.335 e. The quantitative estimate of drug-likeness (QED) is 0.564. The van der Waals surface area contributed by atoms with Gasteiger partial charge in [0.1, 0.15) is 5.82 Å². The molecule has 0 radical (unpaired) electrons. The van der Waals surface area contributed by atoms with Crippen LogP contribution in [-0.2, 0) is 4.74 Å². The molecule has 1 atom stereocenters. The molecule has 7 nitrogen and oxygen atoms in total. The summed E-state index contributed by atoms with van der Waals surface area (Å²) in [6, 6.07) is 13.4. The van der Waals surface area contributed by atoms with Gasteiger partial charge in [0, 0.05) is 38.5 Å². The van der Waals surface area contributed by atoms with Crippen molar-refractivity contribution in [1.29, 1.82) is 0 Å². The molecule has 0 bridgehead atoms. The van der Waals surface area contributed by atoms with Crippen LogP contribution in [-0.4, -0.2) is 67.4 Å². The summed E-state index contributed by atoms with van der Waals surface area (Å²) in [6.45, 7) is 4.10. The van der Waals surface area contributed by atoms with Crippen LogP contribution < -0.4 is 10.2 Å². The number of nitrogens with zero attached hydrogens (tertiary/aromatic N) is 3. The molecule has 8 heteroatoms. The van der Waals surface area contributed by atoms with Crippen LogP contribution in [0.4, 0.5) is 15.8 Å². The van der Waals surface area contributed by atoms with E-state index in [9.17, 15) is 9.18 Å². The molecule has 31 heavy (non-hydrogen) atoms. The number of ether oxygens (including phenoxy) is 1. The Kier molecular flexibility index (Phi) is 6.66. The van der Waals surface area contributed by atoms with Crippen LogP contribution in [0.3, 0.4) is 0 Å². The fourth-order valence-corrected chi connectivity index (χ4v) is 3.89. The number of hydrogen-bond donors (Lipinski definition) is 2. The van der Waals surface area contributed by atoms with E-state index in [0.717, 1.165) is 31.1 Å². The van der Waals surface area contributed by atoms with Gasteiger partial charge in [0.15, 0.2) is 5.96 Å². The van der Waals surface area contributed by atoms with E-state index in [0.29, 0.717) is 38.4 Å². The molecule has 2 saturated heterocycles. The predicted octanol–water partition coefficient (Wildman–Crippen LogP) is 3.29. The van der Waals surface area contributed by atoms with Crippen molar-refractivity contribution >= 4 is 23.3 Å². The molecule has 2 aliphatic heterocycles. The lowest BCUT2D eigenvalue weighted by Crippen LogP contribution is -2.51. The van der Waals surface area contributed by atoms with Crippen LogP contribution >= 0.6 is 0 Å². The van der Waals surface area contributed by atoms with Crippen molar-refractivity contribution < 1.29 is 19.0 Å². The highest BCUT2D eigenvalue weighted by Gasteiger charge is 2.23. The standard InChI is InChI=1S/C23H27FN4O3/c24-20-5-1-2-6-21(20)27-11-13-28(14-12-27)23(25-16-19-4-3-15-31-19)26-18-9-7-17(8-10-18)22(29)30/h1-2,5-10,19H,3-4,11-16H2,(H,25,26)(H,29,30). The van der Waals surface area contributed by atoms with Crippen LogP contribution in [0.2, 0.25) is 0 Å². The zero-order valence-electron chi connectivity index (χ0n) is 17.3. The predicted molar refractivity (Wildman–Crippen MR) is 118 cm³/mol. The number of para-hydroxylation sites is 1. The average molecular weight is 426 g/mol. The number of rotatable bonds is 5. The Morgan fingerprint density at radius 2 is 1.87 bits per heavy atom. The molecule has 2 N–H and O–H groups in total. The third-order valence-electron chi connectivity index (χ3n) is 5.63. The molecular weight excluding hydrogens is 399 g/mol. The number of carboxylic acids is 1. The summed E-state index contributed by atoms with van der Waals surface area (Å²) >= 11 is 0. The molecule has 2 fully saturated rings. The zero-order valence-corrected chi connectivity index (χ0v) is 17.3. The van der Waals surface area contributed by atoms with E-state index in [-0.39, 0.29) is 17.5 Å². The van der Waals surface area contributed by atoms with Crippen molar-refractivity contribution in [3.63, 3.8) is 0 Å². The fourth-order valence-electron chi connectivity index (χ4n) is 3.89. The van der Waals surface area contributed by atoms with Gasteiger partial charge in [0.25, 0.3) is 0 Å². The summed E-state index contributed by atoms with van der Waals surface area (Å²) in [5, 5.41) is 12.4. The minimum atomic E-state index is -0.955. The Hall–Kier alpha value is -3.13. The molecule has 0 spiro atoms. The number of halogens is 1. The van der Waals surface area contributed by atoms with E-state index in [1.54, 1.807) is 36.4 Å². The number of piperazine rings is 1. The molecular formula is C23H27FN4O3. The number of guanidine groups is 1. The Morgan fingerprint density at radius 1 is 1.13 bits per heavy atom. The topological polar surface area (TPSA) is 77.4 Å². The van der Waals surface area contributed by atoms with Gasteiger partial charge in [-0.05, 0) is 49.2 Å². The summed E-state index contributed by atoms with van der Waals surface area (Å²) < 4.78 is 19.9. The number of aromatic carboxylic acids is 1. The number of hydrogen-bond acceptors (Lipinski definition) is 4. The second-order valence-corrected chi connectivity index (χ2v) is 7.73. The highest BCUT2D eigenvalue weighted by molar-refractivity contribution is 5.95. The van der Waals surface area contributed by atoms with Crippen LogP contribution in [0.1, 0.15) is 23.2 Å². The lowest BCUT2D eigenvalue weighted by atomic mass is 10.2. The Balaban J connectivity index is 1.45. The summed E-state index contributed by atoms with van der Waals surface area (Å²) in [5.74, 6) is -0.435. The minimum Gasteiger partial charge on any atom is -0.478 e. The number of carboxylic acid groups (broad SMARTS) is 1. The monoisotopic (exact) mass is 426 g/mol. The third kappa shape index (κ3) is 5.32. The summed E-state index contributed by atoms with van der Waals surface area (Å²) in [5.41, 5.74) is 1.63. The van der Waals surface area contributed by atoms with E-state index < -0.39 is 5.97 Å². The van der Waals surface area contributed by atoms with Gasteiger partial charge in [-0.3, -0.25) is 4.99 Å². The Morgan fingerprint density at radius 3 is 2.52 bits per heavy atom. The normalized spacial score (nSPS) is 19.5. The van der Waals surface area contributed by atoms with E-state index >= 15 is 0 Å². The van der Waals surface area contributed by atoms with Crippen molar-refractivity contribution in [2.75, 3.05) is 49.5 Å². The molecule has 0 saturated carbocycles. The van der Waals surface area contributed by atoms with Gasteiger partial charge in [-0.1, -0.05) is 12.1 Å². The van der Waals surface area contributed by atoms with Crippen LogP contribution in [0.15, 0.2) is 53.5 Å². The molecule has 4 rings (SSSR count). The third-order valence-corrected chi connectivity index (χ3v) is 5.63. The first kappa shape index (κ1) is 21.1. The first-order valence-corrected chi connectivity index (χ1v) is 10.6. The molecule has 0 amide bonds. The van der Waals surface area contributed by atoms with Crippen LogP contribution in [0.25, 0.3) is 0 Å². The number of carbonyl (C=O) groups is 1. The van der Waals surface area contributed by atoms with Crippen LogP contribution in [0.5, 0.6) is 0 Å². The first-order chi connectivity index (χ1) is 15.1. The van der Waals surface area contributed by atoms with Crippen LogP contribution in [0, 0.1) is 5.82 Å². The van der Waals surface area contributed by atoms with Gasteiger partial charge in [-0.15, -0.1) is 0 Å². The SMILES string of the molecule is O=C(O)c1ccc(NC(=NCC2CCCO2)N2CCN(c3ccccc3F)CC2)cc1. The Labute approximate surface area is 181 Å². The van der Waals surface area contributed by atoms with Gasteiger partial charge in [0.2, 0.25) is 0 Å². The second-order valence-electron chi connectivity index (χ2n) is 7.73. The maximum atomic E-state index is 14.2. The zero-order chi connectivity index (χ0) is 21.6. The highest BCUT2D eigenvalue weighted by atomic mass is 19.1. The van der Waals surface area contributed by atoms with Gasteiger partial charge in [-0.2, -0.15) is 0 Å². The Bertz CT molecular complexity index is 921. The number of aliphatic imine (C=N–C) groups is 1. The summed E-state index contributed by atoms with van der Waals surface area (Å²) in [4.78, 5) is 20.1. The van der Waals surface area contributed by atoms with Crippen molar-refractivity contribution in [3.8, 4) is 0 Å². The molecule has 0 aromatic heterocycles. The maximum absolute atomic E-state index is 14.2.